The van der Waals surface area contributed by atoms with Gasteiger partial charge >= 0.3 is 0 Å². The van der Waals surface area contributed by atoms with Crippen LogP contribution in [0.1, 0.15) is 5.56 Å². The fraction of sp³-hybridized carbons (Fsp3) is 0.417. The Balaban J connectivity index is 2.29. The Morgan fingerprint density at radius 2 is 2.28 bits per heavy atom. The van der Waals surface area contributed by atoms with Gasteiger partial charge in [0.15, 0.2) is 6.10 Å². The maximum Gasteiger partial charge on any atom is 0.243 e. The zero-order chi connectivity index (χ0) is 13.2. The van der Waals surface area contributed by atoms with Gasteiger partial charge in [0.05, 0.1) is 24.1 Å². The van der Waals surface area contributed by atoms with Gasteiger partial charge in [-0.1, -0.05) is 12.1 Å². The smallest absolute Gasteiger partial charge is 0.243 e. The van der Waals surface area contributed by atoms with E-state index >= 15 is 0 Å². The maximum absolute atomic E-state index is 12.4. The summed E-state index contributed by atoms with van der Waals surface area (Å²) in [4.78, 5) is 0.265. The van der Waals surface area contributed by atoms with Crippen LogP contribution in [0.2, 0.25) is 0 Å². The standard InChI is InChI=1S/C12H14N2O3S/c1-10-3-2-4-12(7-10)18(15,16)14-5-6-17-11(8-13)9-14/h2-4,7,11H,5-6,9H2,1H3. The van der Waals surface area contributed by atoms with E-state index in [2.05, 4.69) is 0 Å². The number of benzene rings is 1. The molecule has 1 atom stereocenters. The zero-order valence-electron chi connectivity index (χ0n) is 10.0. The molecule has 0 bridgehead atoms. The van der Waals surface area contributed by atoms with Crippen LogP contribution in [0.15, 0.2) is 29.2 Å². The number of aryl methyl sites for hydroxylation is 1. The molecule has 1 saturated heterocycles. The topological polar surface area (TPSA) is 70.4 Å². The van der Waals surface area contributed by atoms with E-state index in [9.17, 15) is 8.42 Å². The summed E-state index contributed by atoms with van der Waals surface area (Å²) in [5.41, 5.74) is 0.890. The van der Waals surface area contributed by atoms with Crippen molar-refractivity contribution in [3.63, 3.8) is 0 Å². The minimum atomic E-state index is -3.53. The molecule has 0 spiro atoms. The van der Waals surface area contributed by atoms with E-state index in [0.717, 1.165) is 5.56 Å². The minimum Gasteiger partial charge on any atom is -0.361 e. The molecule has 1 aliphatic rings. The molecule has 6 heteroatoms. The van der Waals surface area contributed by atoms with E-state index in [1.807, 2.05) is 19.1 Å². The molecule has 0 saturated carbocycles. The first-order valence-corrected chi connectivity index (χ1v) is 7.06. The summed E-state index contributed by atoms with van der Waals surface area (Å²) in [5.74, 6) is 0. The van der Waals surface area contributed by atoms with Gasteiger partial charge in [0.25, 0.3) is 0 Å². The van der Waals surface area contributed by atoms with Gasteiger partial charge in [-0.25, -0.2) is 8.42 Å². The number of rotatable bonds is 2. The van der Waals surface area contributed by atoms with Crippen molar-refractivity contribution in [3.8, 4) is 6.07 Å². The summed E-state index contributed by atoms with van der Waals surface area (Å²) in [6.07, 6.45) is -0.682. The van der Waals surface area contributed by atoms with Gasteiger partial charge in [-0.05, 0) is 24.6 Å². The monoisotopic (exact) mass is 266 g/mol. The van der Waals surface area contributed by atoms with Gasteiger partial charge in [-0.2, -0.15) is 9.57 Å². The van der Waals surface area contributed by atoms with Crippen LogP contribution in [-0.2, 0) is 14.8 Å². The Morgan fingerprint density at radius 1 is 1.50 bits per heavy atom. The lowest BCUT2D eigenvalue weighted by atomic mass is 10.2. The molecular weight excluding hydrogens is 252 g/mol. The Bertz CT molecular complexity index is 577. The highest BCUT2D eigenvalue weighted by Crippen LogP contribution is 2.19. The third-order valence-electron chi connectivity index (χ3n) is 2.80. The second-order valence-electron chi connectivity index (χ2n) is 4.17. The Kier molecular flexibility index (Phi) is 3.66. The van der Waals surface area contributed by atoms with Crippen LogP contribution in [0.3, 0.4) is 0 Å². The van der Waals surface area contributed by atoms with Gasteiger partial charge in [-0.15, -0.1) is 0 Å². The Labute approximate surface area is 107 Å². The van der Waals surface area contributed by atoms with E-state index in [0.29, 0.717) is 0 Å². The van der Waals surface area contributed by atoms with Crippen molar-refractivity contribution in [1.82, 2.24) is 4.31 Å². The fourth-order valence-corrected chi connectivity index (χ4v) is 3.38. The lowest BCUT2D eigenvalue weighted by Gasteiger charge is -2.28. The fourth-order valence-electron chi connectivity index (χ4n) is 1.85. The summed E-state index contributed by atoms with van der Waals surface area (Å²) in [5, 5.41) is 8.79. The molecule has 0 N–H and O–H groups in total. The molecule has 1 aliphatic heterocycles. The third-order valence-corrected chi connectivity index (χ3v) is 4.66. The minimum absolute atomic E-state index is 0.0901. The quantitative estimate of drug-likeness (QED) is 0.797. The van der Waals surface area contributed by atoms with Crippen molar-refractivity contribution >= 4 is 10.0 Å². The summed E-state index contributed by atoms with van der Waals surface area (Å²) >= 11 is 0. The second-order valence-corrected chi connectivity index (χ2v) is 6.11. The number of morpholine rings is 1. The van der Waals surface area contributed by atoms with Crippen LogP contribution in [-0.4, -0.2) is 38.5 Å². The largest absolute Gasteiger partial charge is 0.361 e. The molecule has 2 rings (SSSR count). The van der Waals surface area contributed by atoms with Gasteiger partial charge < -0.3 is 4.74 Å². The van der Waals surface area contributed by atoms with Gasteiger partial charge in [-0.3, -0.25) is 0 Å². The van der Waals surface area contributed by atoms with E-state index in [1.165, 1.54) is 4.31 Å². The highest BCUT2D eigenvalue weighted by Gasteiger charge is 2.30. The summed E-state index contributed by atoms with van der Waals surface area (Å²) in [7, 11) is -3.53. The molecule has 0 radical (unpaired) electrons. The van der Waals surface area contributed by atoms with Crippen molar-refractivity contribution in [1.29, 1.82) is 5.26 Å². The molecule has 18 heavy (non-hydrogen) atoms. The molecule has 0 aliphatic carbocycles. The first kappa shape index (κ1) is 13.0. The molecule has 0 aromatic heterocycles. The maximum atomic E-state index is 12.4. The van der Waals surface area contributed by atoms with E-state index in [4.69, 9.17) is 10.00 Å². The number of sulfonamides is 1. The number of ether oxygens (including phenoxy) is 1. The second kappa shape index (κ2) is 5.06. The highest BCUT2D eigenvalue weighted by atomic mass is 32.2. The number of hydrogen-bond donors (Lipinski definition) is 0. The van der Waals surface area contributed by atoms with E-state index < -0.39 is 16.1 Å². The summed E-state index contributed by atoms with van der Waals surface area (Å²) < 4.78 is 31.2. The predicted octanol–water partition coefficient (Wildman–Crippen LogP) is 0.908. The lowest BCUT2D eigenvalue weighted by Crippen LogP contribution is -2.45. The average molecular weight is 266 g/mol. The van der Waals surface area contributed by atoms with Crippen molar-refractivity contribution < 1.29 is 13.2 Å². The Morgan fingerprint density at radius 3 is 2.94 bits per heavy atom. The molecule has 1 heterocycles. The van der Waals surface area contributed by atoms with Crippen molar-refractivity contribution in [2.75, 3.05) is 19.7 Å². The van der Waals surface area contributed by atoms with Crippen LogP contribution < -0.4 is 0 Å². The van der Waals surface area contributed by atoms with Gasteiger partial charge in [0, 0.05) is 6.54 Å². The number of hydrogen-bond acceptors (Lipinski definition) is 4. The molecule has 5 nitrogen and oxygen atoms in total. The van der Waals surface area contributed by atoms with Crippen LogP contribution >= 0.6 is 0 Å². The summed E-state index contributed by atoms with van der Waals surface area (Å²) in [6, 6.07) is 8.70. The number of nitrogens with zero attached hydrogens (tertiary/aromatic N) is 2. The SMILES string of the molecule is Cc1cccc(S(=O)(=O)N2CCOC(C#N)C2)c1. The third kappa shape index (κ3) is 2.53. The van der Waals surface area contributed by atoms with Crippen molar-refractivity contribution in [2.45, 2.75) is 17.9 Å². The molecule has 1 fully saturated rings. The Hall–Kier alpha value is -1.42. The zero-order valence-corrected chi connectivity index (χ0v) is 10.9. The molecule has 1 aromatic carbocycles. The molecule has 96 valence electrons. The normalized spacial score (nSPS) is 21.4. The highest BCUT2D eigenvalue weighted by molar-refractivity contribution is 7.89. The van der Waals surface area contributed by atoms with E-state index in [1.54, 1.807) is 18.2 Å². The molecule has 1 unspecified atom stereocenters. The molecule has 0 amide bonds. The van der Waals surface area contributed by atoms with Crippen LogP contribution in [0.4, 0.5) is 0 Å². The molecule has 1 aromatic rings. The predicted molar refractivity (Wildman–Crippen MR) is 65.3 cm³/mol. The van der Waals surface area contributed by atoms with Gasteiger partial charge in [0.1, 0.15) is 0 Å². The first-order valence-electron chi connectivity index (χ1n) is 5.62. The average Bonchev–Trinajstić information content (AvgIpc) is 2.39. The molecular formula is C12H14N2O3S. The van der Waals surface area contributed by atoms with Crippen LogP contribution in [0.25, 0.3) is 0 Å². The van der Waals surface area contributed by atoms with Crippen LogP contribution in [0, 0.1) is 18.3 Å². The summed E-state index contributed by atoms with van der Waals surface area (Å²) in [6.45, 7) is 2.47. The van der Waals surface area contributed by atoms with Crippen molar-refractivity contribution in [2.24, 2.45) is 0 Å². The number of nitriles is 1. The van der Waals surface area contributed by atoms with Crippen molar-refractivity contribution in [3.05, 3.63) is 29.8 Å². The van der Waals surface area contributed by atoms with Gasteiger partial charge in [0.2, 0.25) is 10.0 Å². The van der Waals surface area contributed by atoms with Crippen LogP contribution in [0.5, 0.6) is 0 Å². The lowest BCUT2D eigenvalue weighted by molar-refractivity contribution is 0.0311. The first-order chi connectivity index (χ1) is 8.54. The van der Waals surface area contributed by atoms with E-state index in [-0.39, 0.29) is 24.6 Å².